The number of carbonyl (C=O) groups excluding carboxylic acids is 2. The molecule has 1 amide bonds. The number of nitriles is 1. The molecule has 0 spiro atoms. The summed E-state index contributed by atoms with van der Waals surface area (Å²) < 4.78 is 43.8. The Bertz CT molecular complexity index is 872. The zero-order valence-corrected chi connectivity index (χ0v) is 13.5. The van der Waals surface area contributed by atoms with E-state index in [1.54, 1.807) is 0 Å². The van der Waals surface area contributed by atoms with Gasteiger partial charge in [0, 0.05) is 0 Å². The van der Waals surface area contributed by atoms with E-state index >= 15 is 0 Å². The lowest BCUT2D eigenvalue weighted by atomic mass is 10.1. The lowest BCUT2D eigenvalue weighted by Gasteiger charge is -2.16. The van der Waals surface area contributed by atoms with Gasteiger partial charge in [0.1, 0.15) is 0 Å². The fourth-order valence-electron chi connectivity index (χ4n) is 2.07. The molecule has 0 unspecified atom stereocenters. The number of carbonyl (C=O) groups is 2. The van der Waals surface area contributed by atoms with Crippen molar-refractivity contribution in [1.82, 2.24) is 0 Å². The van der Waals surface area contributed by atoms with Crippen LogP contribution in [0.2, 0.25) is 0 Å². The first-order chi connectivity index (χ1) is 12.2. The molecule has 0 aromatic heterocycles. The molecule has 0 aliphatic heterocycles. The smallest absolute Gasteiger partial charge is 0.418 e. The van der Waals surface area contributed by atoms with Gasteiger partial charge in [-0.2, -0.15) is 18.4 Å². The second kappa shape index (κ2) is 7.70. The van der Waals surface area contributed by atoms with Gasteiger partial charge in [0.25, 0.3) is 5.91 Å². The third-order valence-corrected chi connectivity index (χ3v) is 3.37. The maximum Gasteiger partial charge on any atom is 0.418 e. The van der Waals surface area contributed by atoms with Crippen molar-refractivity contribution >= 4 is 17.6 Å². The maximum atomic E-state index is 12.9. The Morgan fingerprint density at radius 2 is 1.85 bits per heavy atom. The van der Waals surface area contributed by atoms with Crippen LogP contribution >= 0.6 is 0 Å². The molecule has 0 bridgehead atoms. The fourth-order valence-corrected chi connectivity index (χ4v) is 2.07. The molecule has 2 aromatic rings. The predicted molar refractivity (Wildman–Crippen MR) is 86.1 cm³/mol. The quantitative estimate of drug-likeness (QED) is 0.840. The second-order valence-electron chi connectivity index (χ2n) is 5.27. The van der Waals surface area contributed by atoms with Crippen molar-refractivity contribution in [2.24, 2.45) is 0 Å². The Balaban J connectivity index is 2.09. The molecular formula is C18H13F3N2O3. The number of halogens is 3. The Morgan fingerprint density at radius 1 is 1.15 bits per heavy atom. The fraction of sp³-hybridized carbons (Fsp3) is 0.167. The number of nitrogens with zero attached hydrogens (tertiary/aromatic N) is 1. The van der Waals surface area contributed by atoms with Gasteiger partial charge < -0.3 is 10.1 Å². The number of anilines is 1. The van der Waals surface area contributed by atoms with E-state index in [1.165, 1.54) is 43.3 Å². The first-order valence-electron chi connectivity index (χ1n) is 7.40. The molecule has 0 radical (unpaired) electrons. The predicted octanol–water partition coefficient (Wildman–Crippen LogP) is 3.76. The van der Waals surface area contributed by atoms with Crippen LogP contribution in [0, 0.1) is 11.3 Å². The van der Waals surface area contributed by atoms with Crippen molar-refractivity contribution in [3.05, 3.63) is 65.2 Å². The third-order valence-electron chi connectivity index (χ3n) is 3.37. The molecule has 0 aliphatic rings. The minimum absolute atomic E-state index is 0.0550. The average molecular weight is 362 g/mol. The van der Waals surface area contributed by atoms with Crippen LogP contribution < -0.4 is 5.32 Å². The highest BCUT2D eigenvalue weighted by Gasteiger charge is 2.34. The lowest BCUT2D eigenvalue weighted by Crippen LogP contribution is -2.30. The highest BCUT2D eigenvalue weighted by molar-refractivity contribution is 5.97. The van der Waals surface area contributed by atoms with Gasteiger partial charge in [-0.3, -0.25) is 4.79 Å². The zero-order valence-electron chi connectivity index (χ0n) is 13.5. The van der Waals surface area contributed by atoms with Crippen LogP contribution in [0.3, 0.4) is 0 Å². The van der Waals surface area contributed by atoms with Crippen molar-refractivity contribution in [2.45, 2.75) is 19.2 Å². The van der Waals surface area contributed by atoms with Crippen LogP contribution in [0.5, 0.6) is 0 Å². The summed E-state index contributed by atoms with van der Waals surface area (Å²) in [5, 5.41) is 10.9. The standard InChI is InChI=1S/C18H13F3N2O3/c1-11(26-17(25)13-6-4-5-12(9-13)10-22)16(24)23-15-8-3-2-7-14(15)18(19,20)21/h2-9,11H,1H3,(H,23,24)/t11-/m1/s1. The first kappa shape index (κ1) is 19.0. The molecule has 2 rings (SSSR count). The Kier molecular flexibility index (Phi) is 5.62. The summed E-state index contributed by atoms with van der Waals surface area (Å²) in [6.45, 7) is 1.23. The molecule has 134 valence electrons. The maximum absolute atomic E-state index is 12.9. The number of esters is 1. The summed E-state index contributed by atoms with van der Waals surface area (Å²) in [6.07, 6.45) is -5.98. The van der Waals surface area contributed by atoms with Crippen LogP contribution in [-0.2, 0) is 15.7 Å². The number of nitrogens with one attached hydrogen (secondary N) is 1. The Labute approximate surface area is 147 Å². The first-order valence-corrected chi connectivity index (χ1v) is 7.40. The average Bonchev–Trinajstić information content (AvgIpc) is 2.61. The van der Waals surface area contributed by atoms with Crippen molar-refractivity contribution in [3.63, 3.8) is 0 Å². The van der Waals surface area contributed by atoms with E-state index in [2.05, 4.69) is 5.32 Å². The molecule has 5 nitrogen and oxygen atoms in total. The van der Waals surface area contributed by atoms with Gasteiger partial charge in [0.2, 0.25) is 0 Å². The summed E-state index contributed by atoms with van der Waals surface area (Å²) in [5.74, 6) is -1.78. The molecule has 8 heteroatoms. The van der Waals surface area contributed by atoms with Gasteiger partial charge in [0.15, 0.2) is 6.10 Å². The number of hydrogen-bond acceptors (Lipinski definition) is 4. The molecule has 0 aliphatic carbocycles. The second-order valence-corrected chi connectivity index (χ2v) is 5.27. The van der Waals surface area contributed by atoms with Crippen molar-refractivity contribution in [3.8, 4) is 6.07 Å². The highest BCUT2D eigenvalue weighted by Crippen LogP contribution is 2.34. The summed E-state index contributed by atoms with van der Waals surface area (Å²) >= 11 is 0. The number of alkyl halides is 3. The van der Waals surface area contributed by atoms with Crippen LogP contribution in [0.4, 0.5) is 18.9 Å². The Hall–Kier alpha value is -3.34. The van der Waals surface area contributed by atoms with Gasteiger partial charge in [-0.15, -0.1) is 0 Å². The largest absolute Gasteiger partial charge is 0.449 e. The van der Waals surface area contributed by atoms with E-state index in [9.17, 15) is 22.8 Å². The van der Waals surface area contributed by atoms with E-state index in [-0.39, 0.29) is 11.1 Å². The summed E-state index contributed by atoms with van der Waals surface area (Å²) in [6, 6.07) is 12.0. The topological polar surface area (TPSA) is 79.2 Å². The van der Waals surface area contributed by atoms with Crippen molar-refractivity contribution in [1.29, 1.82) is 5.26 Å². The van der Waals surface area contributed by atoms with E-state index < -0.39 is 35.4 Å². The number of rotatable bonds is 4. The van der Waals surface area contributed by atoms with E-state index in [0.29, 0.717) is 0 Å². The minimum Gasteiger partial charge on any atom is -0.449 e. The summed E-state index contributed by atoms with van der Waals surface area (Å²) in [7, 11) is 0. The number of amides is 1. The SMILES string of the molecule is C[C@@H](OC(=O)c1cccc(C#N)c1)C(=O)Nc1ccccc1C(F)(F)F. The monoisotopic (exact) mass is 362 g/mol. The highest BCUT2D eigenvalue weighted by atomic mass is 19.4. The lowest BCUT2D eigenvalue weighted by molar-refractivity contribution is -0.137. The molecule has 1 N–H and O–H groups in total. The van der Waals surface area contributed by atoms with Crippen LogP contribution in [-0.4, -0.2) is 18.0 Å². The van der Waals surface area contributed by atoms with Gasteiger partial charge in [-0.25, -0.2) is 4.79 Å². The number of hydrogen-bond donors (Lipinski definition) is 1. The third kappa shape index (κ3) is 4.60. The van der Waals surface area contributed by atoms with Crippen molar-refractivity contribution in [2.75, 3.05) is 5.32 Å². The minimum atomic E-state index is -4.64. The van der Waals surface area contributed by atoms with Gasteiger partial charge >= 0.3 is 12.1 Å². The summed E-state index contributed by atoms with van der Waals surface area (Å²) in [5.41, 5.74) is -1.15. The molecule has 0 saturated heterocycles. The number of benzene rings is 2. The van der Waals surface area contributed by atoms with Gasteiger partial charge in [-0.1, -0.05) is 18.2 Å². The summed E-state index contributed by atoms with van der Waals surface area (Å²) in [4.78, 5) is 24.1. The molecular weight excluding hydrogens is 349 g/mol. The Morgan fingerprint density at radius 3 is 2.50 bits per heavy atom. The zero-order chi connectivity index (χ0) is 19.3. The molecule has 0 heterocycles. The number of ether oxygens (including phenoxy) is 1. The van der Waals surface area contributed by atoms with Crippen LogP contribution in [0.1, 0.15) is 28.4 Å². The molecule has 1 atom stereocenters. The van der Waals surface area contributed by atoms with Gasteiger partial charge in [0.05, 0.1) is 28.4 Å². The molecule has 2 aromatic carbocycles. The molecule has 26 heavy (non-hydrogen) atoms. The molecule has 0 fully saturated rings. The van der Waals surface area contributed by atoms with E-state index in [4.69, 9.17) is 10.00 Å². The van der Waals surface area contributed by atoms with Gasteiger partial charge in [-0.05, 0) is 37.3 Å². The van der Waals surface area contributed by atoms with Crippen LogP contribution in [0.25, 0.3) is 0 Å². The van der Waals surface area contributed by atoms with E-state index in [1.807, 2.05) is 6.07 Å². The molecule has 0 saturated carbocycles. The number of para-hydroxylation sites is 1. The van der Waals surface area contributed by atoms with Crippen molar-refractivity contribution < 1.29 is 27.5 Å². The normalized spacial score (nSPS) is 12.0. The van der Waals surface area contributed by atoms with E-state index in [0.717, 1.165) is 12.1 Å². The van der Waals surface area contributed by atoms with Crippen LogP contribution in [0.15, 0.2) is 48.5 Å².